The molecule has 1 aliphatic rings. The zero-order chi connectivity index (χ0) is 15.7. The molecule has 22 heavy (non-hydrogen) atoms. The fourth-order valence-electron chi connectivity index (χ4n) is 2.29. The highest BCUT2D eigenvalue weighted by molar-refractivity contribution is 6.02. The molecule has 1 amide bonds. The zero-order valence-electron chi connectivity index (χ0n) is 11.8. The van der Waals surface area contributed by atoms with Gasteiger partial charge in [0.2, 0.25) is 11.7 Å². The van der Waals surface area contributed by atoms with Crippen molar-refractivity contribution in [1.82, 2.24) is 0 Å². The van der Waals surface area contributed by atoms with Crippen molar-refractivity contribution in [3.8, 4) is 0 Å². The van der Waals surface area contributed by atoms with E-state index in [4.69, 9.17) is 4.42 Å². The lowest BCUT2D eigenvalue weighted by molar-refractivity contribution is -0.117. The third-order valence-electron chi connectivity index (χ3n) is 3.34. The Kier molecular flexibility index (Phi) is 3.54. The van der Waals surface area contributed by atoms with Crippen LogP contribution in [0.15, 0.2) is 34.7 Å². The SMILES string of the molecule is COC(=O)c1ccc(CN2C(=O)CNc3cc(F)ccc32)o1. The van der Waals surface area contributed by atoms with Crippen molar-refractivity contribution in [2.24, 2.45) is 0 Å². The molecule has 2 aromatic rings. The molecule has 0 fully saturated rings. The predicted molar refractivity (Wildman–Crippen MR) is 76.1 cm³/mol. The van der Waals surface area contributed by atoms with Gasteiger partial charge in [0.05, 0.1) is 31.6 Å². The number of methoxy groups -OCH3 is 1. The maximum atomic E-state index is 13.3. The number of benzene rings is 1. The number of ether oxygens (including phenoxy) is 1. The van der Waals surface area contributed by atoms with E-state index in [0.29, 0.717) is 17.1 Å². The van der Waals surface area contributed by atoms with Crippen LogP contribution in [0.5, 0.6) is 0 Å². The Morgan fingerprint density at radius 1 is 1.41 bits per heavy atom. The van der Waals surface area contributed by atoms with E-state index in [2.05, 4.69) is 10.1 Å². The number of amides is 1. The molecule has 2 heterocycles. The summed E-state index contributed by atoms with van der Waals surface area (Å²) < 4.78 is 23.2. The molecule has 0 aliphatic carbocycles. The van der Waals surface area contributed by atoms with Crippen LogP contribution in [-0.2, 0) is 16.1 Å². The van der Waals surface area contributed by atoms with Gasteiger partial charge < -0.3 is 19.4 Å². The minimum absolute atomic E-state index is 0.0689. The van der Waals surface area contributed by atoms with E-state index in [1.165, 1.54) is 36.3 Å². The molecular formula is C15H13FN2O4. The molecule has 7 heteroatoms. The molecule has 1 aliphatic heterocycles. The molecule has 0 unspecified atom stereocenters. The topological polar surface area (TPSA) is 71.8 Å². The lowest BCUT2D eigenvalue weighted by atomic mass is 10.2. The van der Waals surface area contributed by atoms with Crippen molar-refractivity contribution < 1.29 is 23.1 Å². The molecule has 0 spiro atoms. The van der Waals surface area contributed by atoms with Crippen LogP contribution < -0.4 is 10.2 Å². The summed E-state index contributed by atoms with van der Waals surface area (Å²) >= 11 is 0. The molecule has 0 atom stereocenters. The first-order chi connectivity index (χ1) is 10.6. The van der Waals surface area contributed by atoms with Crippen molar-refractivity contribution in [2.75, 3.05) is 23.9 Å². The first-order valence-electron chi connectivity index (χ1n) is 6.59. The molecule has 3 rings (SSSR count). The Labute approximate surface area is 125 Å². The first kappa shape index (κ1) is 14.1. The number of esters is 1. The average molecular weight is 304 g/mol. The zero-order valence-corrected chi connectivity index (χ0v) is 11.8. The second-order valence-electron chi connectivity index (χ2n) is 4.75. The van der Waals surface area contributed by atoms with E-state index in [-0.39, 0.29) is 30.6 Å². The summed E-state index contributed by atoms with van der Waals surface area (Å²) in [5.41, 5.74) is 1.10. The summed E-state index contributed by atoms with van der Waals surface area (Å²) in [6.07, 6.45) is 0. The summed E-state index contributed by atoms with van der Waals surface area (Å²) in [6.45, 7) is 0.219. The minimum atomic E-state index is -0.583. The first-order valence-corrected chi connectivity index (χ1v) is 6.59. The lowest BCUT2D eigenvalue weighted by Crippen LogP contribution is -2.39. The predicted octanol–water partition coefficient (Wildman–Crippen LogP) is 2.16. The average Bonchev–Trinajstić information content (AvgIpc) is 2.98. The Hall–Kier alpha value is -2.83. The Morgan fingerprint density at radius 2 is 2.23 bits per heavy atom. The van der Waals surface area contributed by atoms with Crippen LogP contribution >= 0.6 is 0 Å². The highest BCUT2D eigenvalue weighted by Crippen LogP contribution is 2.31. The number of anilines is 2. The monoisotopic (exact) mass is 304 g/mol. The number of rotatable bonds is 3. The van der Waals surface area contributed by atoms with Crippen molar-refractivity contribution in [2.45, 2.75) is 6.54 Å². The van der Waals surface area contributed by atoms with Gasteiger partial charge in [0, 0.05) is 0 Å². The summed E-state index contributed by atoms with van der Waals surface area (Å²) in [7, 11) is 1.26. The normalized spacial score (nSPS) is 13.5. The molecule has 1 N–H and O–H groups in total. The smallest absolute Gasteiger partial charge is 0.373 e. The number of carbonyl (C=O) groups excluding carboxylic acids is 2. The van der Waals surface area contributed by atoms with Gasteiger partial charge in [-0.2, -0.15) is 0 Å². The Balaban J connectivity index is 1.87. The summed E-state index contributed by atoms with van der Waals surface area (Å²) in [6, 6.07) is 7.23. The molecule has 0 radical (unpaired) electrons. The third kappa shape index (κ3) is 2.52. The second kappa shape index (κ2) is 5.51. The van der Waals surface area contributed by atoms with Gasteiger partial charge in [0.1, 0.15) is 11.6 Å². The Bertz CT molecular complexity index is 741. The number of furan rings is 1. The van der Waals surface area contributed by atoms with Gasteiger partial charge in [-0.3, -0.25) is 4.79 Å². The van der Waals surface area contributed by atoms with Gasteiger partial charge in [0.15, 0.2) is 0 Å². The van der Waals surface area contributed by atoms with E-state index >= 15 is 0 Å². The number of halogens is 1. The number of hydrogen-bond acceptors (Lipinski definition) is 5. The summed E-state index contributed by atoms with van der Waals surface area (Å²) in [4.78, 5) is 24.9. The van der Waals surface area contributed by atoms with E-state index in [9.17, 15) is 14.0 Å². The van der Waals surface area contributed by atoms with Crippen molar-refractivity contribution >= 4 is 23.3 Å². The maximum absolute atomic E-state index is 13.3. The highest BCUT2D eigenvalue weighted by atomic mass is 19.1. The molecule has 6 nitrogen and oxygen atoms in total. The fraction of sp³-hybridized carbons (Fsp3) is 0.200. The van der Waals surface area contributed by atoms with Gasteiger partial charge in [-0.15, -0.1) is 0 Å². The lowest BCUT2D eigenvalue weighted by Gasteiger charge is -2.29. The standard InChI is InChI=1S/C15H13FN2O4/c1-21-15(20)13-5-3-10(22-13)8-18-12-4-2-9(16)6-11(12)17-7-14(18)19/h2-6,17H,7-8H2,1H3. The van der Waals surface area contributed by atoms with Crippen LogP contribution in [-0.4, -0.2) is 25.5 Å². The fourth-order valence-corrected chi connectivity index (χ4v) is 2.29. The summed E-state index contributed by atoms with van der Waals surface area (Å²) in [5, 5.41) is 2.87. The van der Waals surface area contributed by atoms with Crippen molar-refractivity contribution in [1.29, 1.82) is 0 Å². The largest absolute Gasteiger partial charge is 0.463 e. The van der Waals surface area contributed by atoms with Crippen LogP contribution in [0.4, 0.5) is 15.8 Å². The molecule has 1 aromatic heterocycles. The van der Waals surface area contributed by atoms with Gasteiger partial charge in [-0.25, -0.2) is 9.18 Å². The van der Waals surface area contributed by atoms with E-state index < -0.39 is 5.97 Å². The maximum Gasteiger partial charge on any atom is 0.373 e. The van der Waals surface area contributed by atoms with Gasteiger partial charge in [0.25, 0.3) is 0 Å². The van der Waals surface area contributed by atoms with Gasteiger partial charge >= 0.3 is 5.97 Å². The van der Waals surface area contributed by atoms with Crippen LogP contribution in [0.1, 0.15) is 16.3 Å². The van der Waals surface area contributed by atoms with Crippen LogP contribution in [0.3, 0.4) is 0 Å². The van der Waals surface area contributed by atoms with E-state index in [0.717, 1.165) is 0 Å². The Morgan fingerprint density at radius 3 is 3.00 bits per heavy atom. The van der Waals surface area contributed by atoms with E-state index in [1.54, 1.807) is 6.07 Å². The quantitative estimate of drug-likeness (QED) is 0.880. The van der Waals surface area contributed by atoms with Crippen molar-refractivity contribution in [3.63, 3.8) is 0 Å². The number of nitrogens with one attached hydrogen (secondary N) is 1. The molecular weight excluding hydrogens is 291 g/mol. The van der Waals surface area contributed by atoms with Crippen LogP contribution in [0.25, 0.3) is 0 Å². The molecule has 0 saturated heterocycles. The molecule has 114 valence electrons. The summed E-state index contributed by atoms with van der Waals surface area (Å²) in [5.74, 6) is -0.632. The molecule has 0 bridgehead atoms. The van der Waals surface area contributed by atoms with Crippen molar-refractivity contribution in [3.05, 3.63) is 47.7 Å². The minimum Gasteiger partial charge on any atom is -0.463 e. The number of hydrogen-bond donors (Lipinski definition) is 1. The molecule has 1 aromatic carbocycles. The van der Waals surface area contributed by atoms with Crippen LogP contribution in [0, 0.1) is 5.82 Å². The molecule has 0 saturated carbocycles. The number of carbonyl (C=O) groups is 2. The number of nitrogens with zero attached hydrogens (tertiary/aromatic N) is 1. The van der Waals surface area contributed by atoms with Crippen LogP contribution in [0.2, 0.25) is 0 Å². The third-order valence-corrected chi connectivity index (χ3v) is 3.34. The second-order valence-corrected chi connectivity index (χ2v) is 4.75. The number of fused-ring (bicyclic) bond motifs is 1. The van der Waals surface area contributed by atoms with E-state index in [1.807, 2.05) is 0 Å². The highest BCUT2D eigenvalue weighted by Gasteiger charge is 2.25. The van der Waals surface area contributed by atoms with Gasteiger partial charge in [-0.05, 0) is 30.3 Å². The van der Waals surface area contributed by atoms with Gasteiger partial charge in [-0.1, -0.05) is 0 Å².